The molecule has 0 aliphatic heterocycles. The zero-order valence-electron chi connectivity index (χ0n) is 12.5. The number of para-hydroxylation sites is 1. The number of nitrogens with zero attached hydrogens (tertiary/aromatic N) is 3. The Bertz CT molecular complexity index is 913. The van der Waals surface area contributed by atoms with Crippen LogP contribution in [0.15, 0.2) is 73.1 Å². The highest BCUT2D eigenvalue weighted by Crippen LogP contribution is 2.17. The average Bonchev–Trinajstić information content (AvgIpc) is 3.16. The standard InChI is InChI=1S/C19H17N3/c1-15-6-8-18(9-7-15)22-13-11-17(20-22)14-21-12-10-16-4-2-3-5-19(16)21/h2-13H,14H2,1H3. The molecule has 0 amide bonds. The maximum absolute atomic E-state index is 4.69. The number of rotatable bonds is 3. The molecule has 0 saturated carbocycles. The molecular weight excluding hydrogens is 270 g/mol. The van der Waals surface area contributed by atoms with Crippen LogP contribution in [0.3, 0.4) is 0 Å². The van der Waals surface area contributed by atoms with Crippen LogP contribution in [0.5, 0.6) is 0 Å². The summed E-state index contributed by atoms with van der Waals surface area (Å²) >= 11 is 0. The first kappa shape index (κ1) is 12.9. The number of hydrogen-bond donors (Lipinski definition) is 0. The molecule has 0 aliphatic carbocycles. The van der Waals surface area contributed by atoms with E-state index in [-0.39, 0.29) is 0 Å². The third-order valence-corrected chi connectivity index (χ3v) is 3.96. The van der Waals surface area contributed by atoms with Crippen molar-refractivity contribution in [3.63, 3.8) is 0 Å². The fraction of sp³-hybridized carbons (Fsp3) is 0.105. The van der Waals surface area contributed by atoms with Gasteiger partial charge < -0.3 is 4.57 Å². The molecule has 0 bridgehead atoms. The van der Waals surface area contributed by atoms with Crippen LogP contribution in [0.25, 0.3) is 16.6 Å². The fourth-order valence-electron chi connectivity index (χ4n) is 2.74. The number of fused-ring (bicyclic) bond motifs is 1. The highest BCUT2D eigenvalue weighted by Gasteiger charge is 2.05. The van der Waals surface area contributed by atoms with Crippen molar-refractivity contribution in [1.29, 1.82) is 0 Å². The Labute approximate surface area is 129 Å². The number of aromatic nitrogens is 3. The van der Waals surface area contributed by atoms with Gasteiger partial charge in [-0.2, -0.15) is 5.10 Å². The minimum Gasteiger partial charge on any atom is -0.341 e. The van der Waals surface area contributed by atoms with Gasteiger partial charge in [-0.1, -0.05) is 35.9 Å². The van der Waals surface area contributed by atoms with Crippen LogP contribution < -0.4 is 0 Å². The lowest BCUT2D eigenvalue weighted by atomic mass is 10.2. The van der Waals surface area contributed by atoms with Crippen molar-refractivity contribution in [2.75, 3.05) is 0 Å². The predicted molar refractivity (Wildman–Crippen MR) is 89.3 cm³/mol. The zero-order chi connectivity index (χ0) is 14.9. The number of hydrogen-bond acceptors (Lipinski definition) is 1. The lowest BCUT2D eigenvalue weighted by molar-refractivity contribution is 0.767. The van der Waals surface area contributed by atoms with Crippen molar-refractivity contribution in [3.8, 4) is 5.69 Å². The van der Waals surface area contributed by atoms with E-state index in [1.54, 1.807) is 0 Å². The van der Waals surface area contributed by atoms with E-state index in [4.69, 9.17) is 0 Å². The summed E-state index contributed by atoms with van der Waals surface area (Å²) in [5.74, 6) is 0. The molecule has 4 rings (SSSR count). The van der Waals surface area contributed by atoms with Crippen LogP contribution in [-0.2, 0) is 6.54 Å². The molecule has 0 fully saturated rings. The molecule has 2 aromatic heterocycles. The third-order valence-electron chi connectivity index (χ3n) is 3.96. The summed E-state index contributed by atoms with van der Waals surface area (Å²) in [5, 5.41) is 5.95. The normalized spacial score (nSPS) is 11.1. The monoisotopic (exact) mass is 287 g/mol. The smallest absolute Gasteiger partial charge is 0.0826 e. The summed E-state index contributed by atoms with van der Waals surface area (Å²) in [5.41, 5.74) is 4.65. The van der Waals surface area contributed by atoms with Crippen molar-refractivity contribution in [2.45, 2.75) is 13.5 Å². The van der Waals surface area contributed by atoms with Crippen LogP contribution >= 0.6 is 0 Å². The van der Waals surface area contributed by atoms with Crippen LogP contribution in [0.4, 0.5) is 0 Å². The Balaban J connectivity index is 1.63. The average molecular weight is 287 g/mol. The molecule has 0 radical (unpaired) electrons. The molecule has 2 aromatic carbocycles. The zero-order valence-corrected chi connectivity index (χ0v) is 12.5. The first-order chi connectivity index (χ1) is 10.8. The summed E-state index contributed by atoms with van der Waals surface area (Å²) in [4.78, 5) is 0. The summed E-state index contributed by atoms with van der Waals surface area (Å²) in [6.45, 7) is 2.88. The predicted octanol–water partition coefficient (Wildman–Crippen LogP) is 4.18. The Morgan fingerprint density at radius 3 is 2.55 bits per heavy atom. The molecule has 0 spiro atoms. The molecule has 3 nitrogen and oxygen atoms in total. The van der Waals surface area contributed by atoms with Gasteiger partial charge in [0.05, 0.1) is 17.9 Å². The van der Waals surface area contributed by atoms with Gasteiger partial charge in [-0.25, -0.2) is 4.68 Å². The lowest BCUT2D eigenvalue weighted by Gasteiger charge is -2.04. The second-order valence-electron chi connectivity index (χ2n) is 5.59. The topological polar surface area (TPSA) is 22.8 Å². The molecule has 4 aromatic rings. The van der Waals surface area contributed by atoms with Crippen molar-refractivity contribution < 1.29 is 0 Å². The van der Waals surface area contributed by atoms with Crippen LogP contribution in [-0.4, -0.2) is 14.3 Å². The van der Waals surface area contributed by atoms with E-state index in [2.05, 4.69) is 83.5 Å². The van der Waals surface area contributed by atoms with Gasteiger partial charge in [0.1, 0.15) is 0 Å². The van der Waals surface area contributed by atoms with E-state index in [9.17, 15) is 0 Å². The van der Waals surface area contributed by atoms with E-state index < -0.39 is 0 Å². The molecule has 0 N–H and O–H groups in total. The molecular formula is C19H17N3. The largest absolute Gasteiger partial charge is 0.341 e. The summed E-state index contributed by atoms with van der Waals surface area (Å²) < 4.78 is 4.16. The van der Waals surface area contributed by atoms with Gasteiger partial charge in [0.2, 0.25) is 0 Å². The molecule has 3 heteroatoms. The lowest BCUT2D eigenvalue weighted by Crippen LogP contribution is -2.01. The van der Waals surface area contributed by atoms with Gasteiger partial charge >= 0.3 is 0 Å². The van der Waals surface area contributed by atoms with Crippen molar-refractivity contribution in [2.24, 2.45) is 0 Å². The van der Waals surface area contributed by atoms with E-state index >= 15 is 0 Å². The maximum atomic E-state index is 4.69. The Morgan fingerprint density at radius 1 is 0.864 bits per heavy atom. The van der Waals surface area contributed by atoms with E-state index in [1.807, 2.05) is 10.9 Å². The van der Waals surface area contributed by atoms with Crippen LogP contribution in [0, 0.1) is 6.92 Å². The van der Waals surface area contributed by atoms with Crippen LogP contribution in [0.1, 0.15) is 11.3 Å². The Kier molecular flexibility index (Phi) is 3.04. The highest BCUT2D eigenvalue weighted by atomic mass is 15.3. The van der Waals surface area contributed by atoms with Gasteiger partial charge in [0.25, 0.3) is 0 Å². The van der Waals surface area contributed by atoms with Crippen molar-refractivity contribution in [3.05, 3.63) is 84.3 Å². The summed E-state index contributed by atoms with van der Waals surface area (Å²) in [7, 11) is 0. The van der Waals surface area contributed by atoms with Crippen LogP contribution in [0.2, 0.25) is 0 Å². The van der Waals surface area contributed by atoms with Gasteiger partial charge in [-0.05, 0) is 42.6 Å². The first-order valence-corrected chi connectivity index (χ1v) is 7.45. The quantitative estimate of drug-likeness (QED) is 0.554. The molecule has 0 atom stereocenters. The Morgan fingerprint density at radius 2 is 1.68 bits per heavy atom. The van der Waals surface area contributed by atoms with Gasteiger partial charge in [0.15, 0.2) is 0 Å². The number of benzene rings is 2. The van der Waals surface area contributed by atoms with E-state index in [0.717, 1.165) is 17.9 Å². The maximum Gasteiger partial charge on any atom is 0.0826 e. The highest BCUT2D eigenvalue weighted by molar-refractivity contribution is 5.79. The molecule has 0 unspecified atom stereocenters. The third kappa shape index (κ3) is 2.31. The summed E-state index contributed by atoms with van der Waals surface area (Å²) in [6, 6.07) is 21.0. The molecule has 22 heavy (non-hydrogen) atoms. The molecule has 2 heterocycles. The number of aryl methyl sites for hydroxylation is 1. The van der Waals surface area contributed by atoms with Crippen molar-refractivity contribution >= 4 is 10.9 Å². The molecule has 108 valence electrons. The van der Waals surface area contributed by atoms with Gasteiger partial charge in [0, 0.05) is 17.9 Å². The van der Waals surface area contributed by atoms with Gasteiger partial charge in [-0.3, -0.25) is 0 Å². The fourth-order valence-corrected chi connectivity index (χ4v) is 2.74. The van der Waals surface area contributed by atoms with E-state index in [0.29, 0.717) is 0 Å². The van der Waals surface area contributed by atoms with E-state index in [1.165, 1.54) is 16.5 Å². The minimum absolute atomic E-state index is 0.784. The second-order valence-corrected chi connectivity index (χ2v) is 5.59. The molecule has 0 saturated heterocycles. The molecule has 0 aliphatic rings. The first-order valence-electron chi connectivity index (χ1n) is 7.45. The van der Waals surface area contributed by atoms with Crippen molar-refractivity contribution in [1.82, 2.24) is 14.3 Å². The Hall–Kier alpha value is -2.81. The minimum atomic E-state index is 0.784. The SMILES string of the molecule is Cc1ccc(-n2ccc(Cn3ccc4ccccc43)n2)cc1. The summed E-state index contributed by atoms with van der Waals surface area (Å²) in [6.07, 6.45) is 4.14. The second kappa shape index (κ2) is 5.19. The van der Waals surface area contributed by atoms with Gasteiger partial charge in [-0.15, -0.1) is 0 Å².